The molecule has 1 fully saturated rings. The number of thiocarbonyl (C=S) groups is 1. The molecule has 0 atom stereocenters. The van der Waals surface area contributed by atoms with Gasteiger partial charge in [0.15, 0.2) is 0 Å². The van der Waals surface area contributed by atoms with Gasteiger partial charge < -0.3 is 10.1 Å². The lowest BCUT2D eigenvalue weighted by Gasteiger charge is -2.15. The number of halogens is 1. The van der Waals surface area contributed by atoms with E-state index in [2.05, 4.69) is 27.8 Å². The molecule has 1 saturated heterocycles. The first-order valence-corrected chi connectivity index (χ1v) is 10.0. The molecule has 0 unspecified atom stereocenters. The van der Waals surface area contributed by atoms with Crippen LogP contribution in [0.1, 0.15) is 13.3 Å². The van der Waals surface area contributed by atoms with Gasteiger partial charge in [-0.15, -0.1) is 0 Å². The first-order valence-electron chi connectivity index (χ1n) is 8.02. The molecule has 5 nitrogen and oxygen atoms in total. The Balaban J connectivity index is 1.98. The van der Waals surface area contributed by atoms with Crippen LogP contribution < -0.4 is 10.1 Å². The molecule has 2 amide bonds. The number of anilines is 1. The summed E-state index contributed by atoms with van der Waals surface area (Å²) in [6.45, 7) is 5.84. The van der Waals surface area contributed by atoms with Crippen LogP contribution in [0.4, 0.5) is 5.69 Å². The summed E-state index contributed by atoms with van der Waals surface area (Å²) in [6, 6.07) is 7.15. The van der Waals surface area contributed by atoms with E-state index in [1.807, 2.05) is 25.1 Å². The highest BCUT2D eigenvalue weighted by molar-refractivity contribution is 9.11. The van der Waals surface area contributed by atoms with E-state index in [9.17, 15) is 9.59 Å². The minimum atomic E-state index is -0.218. The van der Waals surface area contributed by atoms with Crippen LogP contribution in [0.5, 0.6) is 5.75 Å². The van der Waals surface area contributed by atoms with E-state index in [0.717, 1.165) is 10.1 Å². The lowest BCUT2D eigenvalue weighted by molar-refractivity contribution is -0.122. The Morgan fingerprint density at radius 3 is 2.81 bits per heavy atom. The van der Waals surface area contributed by atoms with E-state index in [1.165, 1.54) is 16.7 Å². The number of ether oxygens (including phenoxy) is 1. The molecule has 0 spiro atoms. The number of benzene rings is 1. The highest BCUT2D eigenvalue weighted by Gasteiger charge is 2.32. The van der Waals surface area contributed by atoms with Crippen molar-refractivity contribution in [3.8, 4) is 5.75 Å². The number of para-hydroxylation sites is 2. The number of rotatable bonds is 7. The average molecular weight is 467 g/mol. The highest BCUT2D eigenvalue weighted by atomic mass is 79.9. The van der Waals surface area contributed by atoms with Gasteiger partial charge >= 0.3 is 0 Å². The third kappa shape index (κ3) is 6.05. The molecule has 1 aliphatic rings. The third-order valence-corrected chi connectivity index (χ3v) is 5.17. The molecule has 27 heavy (non-hydrogen) atoms. The number of amides is 2. The van der Waals surface area contributed by atoms with E-state index >= 15 is 0 Å². The van der Waals surface area contributed by atoms with E-state index in [-0.39, 0.29) is 24.8 Å². The number of carbonyl (C=O) groups is 2. The van der Waals surface area contributed by atoms with E-state index in [1.54, 1.807) is 25.3 Å². The number of thioether (sulfide) groups is 1. The molecule has 1 aliphatic heterocycles. The quantitative estimate of drug-likeness (QED) is 0.360. The first kappa shape index (κ1) is 21.4. The number of carbonyl (C=O) groups excluding carboxylic acids is 2. The van der Waals surface area contributed by atoms with Crippen LogP contribution in [-0.2, 0) is 9.59 Å². The van der Waals surface area contributed by atoms with Gasteiger partial charge in [-0.05, 0) is 36.8 Å². The fourth-order valence-electron chi connectivity index (χ4n) is 2.36. The first-order chi connectivity index (χ1) is 12.8. The molecule has 1 N–H and O–H groups in total. The van der Waals surface area contributed by atoms with Gasteiger partial charge in [0.25, 0.3) is 5.91 Å². The van der Waals surface area contributed by atoms with Gasteiger partial charge in [-0.1, -0.05) is 58.6 Å². The smallest absolute Gasteiger partial charge is 0.266 e. The summed E-state index contributed by atoms with van der Waals surface area (Å²) in [7, 11) is 1.54. The summed E-state index contributed by atoms with van der Waals surface area (Å²) >= 11 is 9.78. The molecule has 0 aromatic heterocycles. The highest BCUT2D eigenvalue weighted by Crippen LogP contribution is 2.32. The number of allylic oxidation sites excluding steroid dienone is 4. The number of hydrogen-bond acceptors (Lipinski definition) is 5. The maximum atomic E-state index is 12.5. The van der Waals surface area contributed by atoms with Crippen molar-refractivity contribution < 1.29 is 14.3 Å². The van der Waals surface area contributed by atoms with Crippen LogP contribution in [0, 0.1) is 0 Å². The van der Waals surface area contributed by atoms with Crippen LogP contribution in [0.15, 0.2) is 58.0 Å². The Hall–Kier alpha value is -1.90. The fourth-order valence-corrected chi connectivity index (χ4v) is 4.08. The Bertz CT molecular complexity index is 849. The average Bonchev–Trinajstić information content (AvgIpc) is 2.86. The van der Waals surface area contributed by atoms with Crippen molar-refractivity contribution >= 4 is 61.7 Å². The normalized spacial score (nSPS) is 16.0. The van der Waals surface area contributed by atoms with Crippen molar-refractivity contribution in [2.24, 2.45) is 0 Å². The predicted molar refractivity (Wildman–Crippen MR) is 118 cm³/mol. The van der Waals surface area contributed by atoms with Gasteiger partial charge in [-0.25, -0.2) is 0 Å². The molecule has 0 bridgehead atoms. The van der Waals surface area contributed by atoms with Gasteiger partial charge in [0.1, 0.15) is 10.1 Å². The second kappa shape index (κ2) is 9.87. The van der Waals surface area contributed by atoms with Crippen LogP contribution in [-0.4, -0.2) is 34.7 Å². The lowest BCUT2D eigenvalue weighted by atomic mass is 10.2. The fraction of sp³-hybridized carbons (Fsp3) is 0.211. The van der Waals surface area contributed by atoms with Gasteiger partial charge in [0.2, 0.25) is 5.91 Å². The molecular formula is C19H19BrN2O3S2. The summed E-state index contributed by atoms with van der Waals surface area (Å²) < 4.78 is 6.38. The molecular weight excluding hydrogens is 448 g/mol. The standard InChI is InChI=1S/C19H19BrN2O3S2/c1-12(10-13(2)20)11-16-18(24)22(19(26)27-16)9-8-17(23)21-14-6-4-5-7-15(14)25-3/h4-7,10-11H,2,8-9H2,1,3H3,(H,21,23)/b12-10+,16-11-. The van der Waals surface area contributed by atoms with Gasteiger partial charge in [-0.3, -0.25) is 14.5 Å². The third-order valence-electron chi connectivity index (χ3n) is 3.56. The molecule has 142 valence electrons. The van der Waals surface area contributed by atoms with Crippen molar-refractivity contribution in [2.75, 3.05) is 19.0 Å². The van der Waals surface area contributed by atoms with Crippen molar-refractivity contribution in [2.45, 2.75) is 13.3 Å². The van der Waals surface area contributed by atoms with Crippen LogP contribution in [0.25, 0.3) is 0 Å². The zero-order valence-corrected chi connectivity index (χ0v) is 18.2. The summed E-state index contributed by atoms with van der Waals surface area (Å²) in [5.41, 5.74) is 1.47. The largest absolute Gasteiger partial charge is 0.495 e. The topological polar surface area (TPSA) is 58.6 Å². The Labute approximate surface area is 176 Å². The molecule has 0 saturated carbocycles. The van der Waals surface area contributed by atoms with Crippen molar-refractivity contribution in [1.29, 1.82) is 0 Å². The second-order valence-corrected chi connectivity index (χ2v) is 8.36. The SMILES string of the molecule is C=C(Br)/C=C(C)/C=C1\SC(=S)N(CCC(=O)Nc2ccccc2OC)C1=O. The van der Waals surface area contributed by atoms with Gasteiger partial charge in [0, 0.05) is 17.4 Å². The molecule has 0 radical (unpaired) electrons. The molecule has 1 aromatic rings. The van der Waals surface area contributed by atoms with Crippen LogP contribution >= 0.6 is 39.9 Å². The van der Waals surface area contributed by atoms with E-state index in [0.29, 0.717) is 20.7 Å². The molecule has 0 aliphatic carbocycles. The van der Waals surface area contributed by atoms with Crippen molar-refractivity contribution in [1.82, 2.24) is 4.90 Å². The summed E-state index contributed by atoms with van der Waals surface area (Å²) in [5.74, 6) is 0.169. The predicted octanol–water partition coefficient (Wildman–Crippen LogP) is 4.62. The van der Waals surface area contributed by atoms with E-state index < -0.39 is 0 Å². The van der Waals surface area contributed by atoms with Crippen LogP contribution in [0.2, 0.25) is 0 Å². The lowest BCUT2D eigenvalue weighted by Crippen LogP contribution is -2.31. The van der Waals surface area contributed by atoms with Gasteiger partial charge in [-0.2, -0.15) is 0 Å². The van der Waals surface area contributed by atoms with E-state index in [4.69, 9.17) is 17.0 Å². The number of nitrogens with zero attached hydrogens (tertiary/aromatic N) is 1. The number of hydrogen-bond donors (Lipinski definition) is 1. The molecule has 1 heterocycles. The second-order valence-electron chi connectivity index (χ2n) is 5.67. The zero-order chi connectivity index (χ0) is 20.0. The minimum Gasteiger partial charge on any atom is -0.495 e. The maximum Gasteiger partial charge on any atom is 0.266 e. The Morgan fingerprint density at radius 1 is 1.44 bits per heavy atom. The Kier molecular flexibility index (Phi) is 7.82. The number of methoxy groups -OCH3 is 1. The zero-order valence-electron chi connectivity index (χ0n) is 15.0. The Morgan fingerprint density at radius 2 is 2.15 bits per heavy atom. The summed E-state index contributed by atoms with van der Waals surface area (Å²) in [6.07, 6.45) is 3.71. The van der Waals surface area contributed by atoms with Crippen molar-refractivity contribution in [3.05, 3.63) is 58.0 Å². The van der Waals surface area contributed by atoms with Gasteiger partial charge in [0.05, 0.1) is 17.7 Å². The monoisotopic (exact) mass is 466 g/mol. The molecule has 8 heteroatoms. The number of nitrogens with one attached hydrogen (secondary N) is 1. The summed E-state index contributed by atoms with van der Waals surface area (Å²) in [5, 5.41) is 2.79. The summed E-state index contributed by atoms with van der Waals surface area (Å²) in [4.78, 5) is 26.8. The molecule has 2 rings (SSSR count). The van der Waals surface area contributed by atoms with Crippen molar-refractivity contribution in [3.63, 3.8) is 0 Å². The minimum absolute atomic E-state index is 0.130. The molecule has 1 aromatic carbocycles. The van der Waals surface area contributed by atoms with Crippen LogP contribution in [0.3, 0.4) is 0 Å². The maximum absolute atomic E-state index is 12.5.